The van der Waals surface area contributed by atoms with Crippen molar-refractivity contribution in [3.05, 3.63) is 29.8 Å². The number of carbonyl (C=O) groups is 1. The third-order valence-corrected chi connectivity index (χ3v) is 5.37. The first kappa shape index (κ1) is 21.0. The summed E-state index contributed by atoms with van der Waals surface area (Å²) in [6.07, 6.45) is -1.90. The van der Waals surface area contributed by atoms with Crippen molar-refractivity contribution in [2.75, 3.05) is 6.61 Å². The highest BCUT2D eigenvalue weighted by Crippen LogP contribution is 2.33. The van der Waals surface area contributed by atoms with Crippen LogP contribution < -0.4 is 10.1 Å². The van der Waals surface area contributed by atoms with E-state index in [4.69, 9.17) is 18.9 Å². The van der Waals surface area contributed by atoms with E-state index in [9.17, 15) is 9.90 Å². The van der Waals surface area contributed by atoms with Gasteiger partial charge >= 0.3 is 0 Å². The Kier molecular flexibility index (Phi) is 6.29. The molecule has 156 valence electrons. The summed E-state index contributed by atoms with van der Waals surface area (Å²) in [6.45, 7) is 9.56. The molecule has 7 heteroatoms. The van der Waals surface area contributed by atoms with Gasteiger partial charge in [0, 0.05) is 6.92 Å². The van der Waals surface area contributed by atoms with Gasteiger partial charge < -0.3 is 29.4 Å². The molecule has 2 heterocycles. The number of fused-ring (bicyclic) bond motifs is 1. The molecule has 2 N–H and O–H groups in total. The largest absolute Gasteiger partial charge is 0.463 e. The van der Waals surface area contributed by atoms with Crippen LogP contribution in [0.25, 0.3) is 0 Å². The molecule has 7 nitrogen and oxygen atoms in total. The van der Waals surface area contributed by atoms with Crippen LogP contribution in [0.2, 0.25) is 0 Å². The van der Waals surface area contributed by atoms with Crippen molar-refractivity contribution in [3.63, 3.8) is 0 Å². The van der Waals surface area contributed by atoms with Crippen molar-refractivity contribution in [1.29, 1.82) is 0 Å². The number of rotatable bonds is 5. The predicted octanol–water partition coefficient (Wildman–Crippen LogP) is 2.32. The van der Waals surface area contributed by atoms with Crippen LogP contribution in [-0.4, -0.2) is 54.1 Å². The van der Waals surface area contributed by atoms with E-state index in [2.05, 4.69) is 19.2 Å². The highest BCUT2D eigenvalue weighted by Gasteiger charge is 2.52. The molecule has 0 aliphatic carbocycles. The first-order valence-electron chi connectivity index (χ1n) is 9.89. The molecule has 0 spiro atoms. The van der Waals surface area contributed by atoms with Gasteiger partial charge in [-0.05, 0) is 43.9 Å². The Morgan fingerprint density at radius 2 is 2.04 bits per heavy atom. The zero-order valence-corrected chi connectivity index (χ0v) is 17.2. The lowest BCUT2D eigenvalue weighted by atomic mass is 9.95. The van der Waals surface area contributed by atoms with E-state index in [0.29, 0.717) is 11.7 Å². The van der Waals surface area contributed by atoms with Gasteiger partial charge in [-0.3, -0.25) is 4.79 Å². The van der Waals surface area contributed by atoms with E-state index in [1.165, 1.54) is 12.5 Å². The number of hydrogen-bond donors (Lipinski definition) is 2. The Morgan fingerprint density at radius 3 is 2.64 bits per heavy atom. The Morgan fingerprint density at radius 1 is 1.36 bits per heavy atom. The van der Waals surface area contributed by atoms with Crippen molar-refractivity contribution >= 4 is 5.91 Å². The number of amides is 1. The molecule has 0 bridgehead atoms. The van der Waals surface area contributed by atoms with E-state index in [0.717, 1.165) is 6.42 Å². The third-order valence-electron chi connectivity index (χ3n) is 5.37. The van der Waals surface area contributed by atoms with Gasteiger partial charge in [-0.25, -0.2) is 0 Å². The topological polar surface area (TPSA) is 86.2 Å². The minimum absolute atomic E-state index is 0.272. The molecular formula is C21H31NO6. The highest BCUT2D eigenvalue weighted by atomic mass is 16.8. The third kappa shape index (κ3) is 4.66. The zero-order valence-electron chi connectivity index (χ0n) is 17.2. The Bertz CT molecular complexity index is 676. The van der Waals surface area contributed by atoms with Crippen molar-refractivity contribution in [1.82, 2.24) is 5.32 Å². The fourth-order valence-electron chi connectivity index (χ4n) is 3.58. The fourth-order valence-corrected chi connectivity index (χ4v) is 3.58. The van der Waals surface area contributed by atoms with Crippen molar-refractivity contribution < 1.29 is 28.8 Å². The van der Waals surface area contributed by atoms with Crippen LogP contribution in [-0.2, 0) is 19.0 Å². The van der Waals surface area contributed by atoms with Gasteiger partial charge in [0.25, 0.3) is 0 Å². The summed E-state index contributed by atoms with van der Waals surface area (Å²) in [6, 6.07) is 7.04. The Balaban J connectivity index is 1.77. The monoisotopic (exact) mass is 393 g/mol. The molecule has 2 fully saturated rings. The van der Waals surface area contributed by atoms with E-state index in [-0.39, 0.29) is 12.5 Å². The van der Waals surface area contributed by atoms with Crippen LogP contribution in [0.1, 0.15) is 52.5 Å². The molecular weight excluding hydrogens is 362 g/mol. The maximum Gasteiger partial charge on any atom is 0.223 e. The molecule has 1 aromatic rings. The lowest BCUT2D eigenvalue weighted by Crippen LogP contribution is -2.69. The van der Waals surface area contributed by atoms with E-state index >= 15 is 0 Å². The number of aliphatic hydroxyl groups excluding tert-OH is 1. The predicted molar refractivity (Wildman–Crippen MR) is 103 cm³/mol. The molecule has 6 unspecified atom stereocenters. The molecule has 6 atom stereocenters. The standard InChI is InChI=1S/C21H31NO6/c1-6-12(2)14-7-9-15(10-8-14)26-20-17(22-13(3)23)18(24)19-16(27-20)11-25-21(4,5)28-19/h7-10,12,16-20,24H,6,11H2,1-5H3,(H,22,23). The maximum absolute atomic E-state index is 11.7. The maximum atomic E-state index is 11.7. The smallest absolute Gasteiger partial charge is 0.223 e. The second kappa shape index (κ2) is 8.37. The summed E-state index contributed by atoms with van der Waals surface area (Å²) in [5.74, 6) is -0.0325. The van der Waals surface area contributed by atoms with E-state index in [1.54, 1.807) is 13.8 Å². The molecule has 1 aromatic carbocycles. The average molecular weight is 393 g/mol. The SMILES string of the molecule is CCC(C)c1ccc(OC2OC3COC(C)(C)OC3C(O)C2NC(C)=O)cc1. The van der Waals surface area contributed by atoms with Gasteiger partial charge in [-0.15, -0.1) is 0 Å². The molecule has 0 radical (unpaired) electrons. The molecule has 3 rings (SSSR count). The summed E-state index contributed by atoms with van der Waals surface area (Å²) >= 11 is 0. The second-order valence-electron chi connectivity index (χ2n) is 8.05. The summed E-state index contributed by atoms with van der Waals surface area (Å²) in [5, 5.41) is 13.6. The summed E-state index contributed by atoms with van der Waals surface area (Å²) in [4.78, 5) is 11.7. The fraction of sp³-hybridized carbons (Fsp3) is 0.667. The second-order valence-corrected chi connectivity index (χ2v) is 8.05. The lowest BCUT2D eigenvalue weighted by molar-refractivity contribution is -0.361. The molecule has 1 amide bonds. The number of hydrogen-bond acceptors (Lipinski definition) is 6. The van der Waals surface area contributed by atoms with Gasteiger partial charge in [0.15, 0.2) is 5.79 Å². The number of benzene rings is 1. The van der Waals surface area contributed by atoms with Crippen LogP contribution in [0.5, 0.6) is 5.75 Å². The zero-order chi connectivity index (χ0) is 20.5. The van der Waals surface area contributed by atoms with Crippen LogP contribution in [0.4, 0.5) is 0 Å². The number of carbonyl (C=O) groups excluding carboxylic acids is 1. The van der Waals surface area contributed by atoms with Gasteiger partial charge in [0.1, 0.15) is 30.1 Å². The minimum atomic E-state index is -0.991. The van der Waals surface area contributed by atoms with Crippen molar-refractivity contribution in [2.24, 2.45) is 0 Å². The van der Waals surface area contributed by atoms with Gasteiger partial charge in [-0.1, -0.05) is 26.0 Å². The van der Waals surface area contributed by atoms with Gasteiger partial charge in [0.2, 0.25) is 12.2 Å². The van der Waals surface area contributed by atoms with Crippen LogP contribution in [0.15, 0.2) is 24.3 Å². The van der Waals surface area contributed by atoms with Crippen molar-refractivity contribution in [3.8, 4) is 5.75 Å². The molecule has 2 aliphatic heterocycles. The minimum Gasteiger partial charge on any atom is -0.463 e. The van der Waals surface area contributed by atoms with Crippen LogP contribution >= 0.6 is 0 Å². The van der Waals surface area contributed by atoms with Gasteiger partial charge in [0.05, 0.1) is 6.61 Å². The number of aliphatic hydroxyl groups is 1. The average Bonchev–Trinajstić information content (AvgIpc) is 2.65. The quantitative estimate of drug-likeness (QED) is 0.799. The van der Waals surface area contributed by atoms with E-state index in [1.807, 2.05) is 24.3 Å². The molecule has 2 saturated heterocycles. The number of ether oxygens (including phenoxy) is 4. The van der Waals surface area contributed by atoms with Crippen molar-refractivity contribution in [2.45, 2.75) is 83.4 Å². The molecule has 2 aliphatic rings. The summed E-state index contributed by atoms with van der Waals surface area (Å²) < 4.78 is 23.5. The highest BCUT2D eigenvalue weighted by molar-refractivity contribution is 5.73. The molecule has 0 aromatic heterocycles. The summed E-state index contributed by atoms with van der Waals surface area (Å²) in [7, 11) is 0. The lowest BCUT2D eigenvalue weighted by Gasteiger charge is -2.49. The summed E-state index contributed by atoms with van der Waals surface area (Å²) in [5.41, 5.74) is 1.23. The molecule has 28 heavy (non-hydrogen) atoms. The number of nitrogens with one attached hydrogen (secondary N) is 1. The van der Waals surface area contributed by atoms with E-state index < -0.39 is 36.4 Å². The normalized spacial score (nSPS) is 32.9. The first-order valence-corrected chi connectivity index (χ1v) is 9.89. The Labute approximate surface area is 166 Å². The first-order chi connectivity index (χ1) is 13.2. The van der Waals surface area contributed by atoms with Crippen LogP contribution in [0.3, 0.4) is 0 Å². The molecule has 0 saturated carbocycles. The van der Waals surface area contributed by atoms with Gasteiger partial charge in [-0.2, -0.15) is 0 Å². The Hall–Kier alpha value is -1.67. The van der Waals surface area contributed by atoms with Crippen LogP contribution in [0, 0.1) is 0 Å².